The Kier molecular flexibility index (Phi) is 13.9. The molecule has 0 heterocycles. The second-order valence-corrected chi connectivity index (χ2v) is 15.5. The maximum atomic E-state index is 14.2. The van der Waals surface area contributed by atoms with E-state index in [2.05, 4.69) is 5.32 Å². The van der Waals surface area contributed by atoms with Gasteiger partial charge in [0, 0.05) is 13.5 Å². The van der Waals surface area contributed by atoms with E-state index in [1.165, 1.54) is 0 Å². The molecule has 1 aliphatic carbocycles. The van der Waals surface area contributed by atoms with Crippen molar-refractivity contribution in [3.05, 3.63) is 29.8 Å². The molecule has 2 rings (SSSR count). The quantitative estimate of drug-likeness (QED) is 0.170. The van der Waals surface area contributed by atoms with Crippen molar-refractivity contribution in [2.45, 2.75) is 143 Å². The van der Waals surface area contributed by atoms with Crippen molar-refractivity contribution >= 4 is 17.8 Å². The summed E-state index contributed by atoms with van der Waals surface area (Å²) < 4.78 is 28.5. The fourth-order valence-electron chi connectivity index (χ4n) is 5.66. The molecule has 3 atom stereocenters. The Balaban J connectivity index is 2.34. The number of esters is 2. The lowest BCUT2D eigenvalue weighted by Gasteiger charge is -2.35. The molecule has 1 fully saturated rings. The van der Waals surface area contributed by atoms with Crippen LogP contribution in [0.1, 0.15) is 113 Å². The molecule has 1 N–H and O–H groups in total. The van der Waals surface area contributed by atoms with Gasteiger partial charge >= 0.3 is 11.9 Å². The molecule has 9 nitrogen and oxygen atoms in total. The number of carbonyl (C=O) groups excluding carboxylic acids is 3. The predicted octanol–water partition coefficient (Wildman–Crippen LogP) is 6.58. The van der Waals surface area contributed by atoms with Gasteiger partial charge in [-0.1, -0.05) is 25.0 Å². The van der Waals surface area contributed by atoms with Gasteiger partial charge in [0.1, 0.15) is 28.6 Å². The number of carbonyl (C=O) groups is 3. The van der Waals surface area contributed by atoms with E-state index < -0.39 is 34.5 Å². The van der Waals surface area contributed by atoms with E-state index in [-0.39, 0.29) is 30.0 Å². The standard InChI is InChI=1S/C36H59NO8/c1-25(42-21-20-41-11)22-27(30(38)44-34(5,6)7)24-36(18-12-13-19-36)32(40)37-29(31(39)45-35(8,9)10)23-26-14-16-28(17-15-26)43-33(2,3)4/h14-17,25,27,29H,12-13,18-24H2,1-11H3,(H,37,40)/t25?,27-,29+/m1/s1. The lowest BCUT2D eigenvalue weighted by molar-refractivity contribution is -0.164. The molecule has 1 saturated carbocycles. The summed E-state index contributed by atoms with van der Waals surface area (Å²) in [6, 6.07) is 6.64. The van der Waals surface area contributed by atoms with E-state index in [0.29, 0.717) is 38.9 Å². The van der Waals surface area contributed by atoms with Gasteiger partial charge < -0.3 is 29.0 Å². The first kappa shape index (κ1) is 38.5. The van der Waals surface area contributed by atoms with Crippen LogP contribution in [-0.2, 0) is 39.8 Å². The Morgan fingerprint density at radius 1 is 0.822 bits per heavy atom. The van der Waals surface area contributed by atoms with Gasteiger partial charge in [-0.25, -0.2) is 4.79 Å². The number of hydrogen-bond donors (Lipinski definition) is 1. The van der Waals surface area contributed by atoms with Crippen LogP contribution in [0.3, 0.4) is 0 Å². The highest BCUT2D eigenvalue weighted by atomic mass is 16.6. The van der Waals surface area contributed by atoms with Gasteiger partial charge in [0.25, 0.3) is 0 Å². The van der Waals surface area contributed by atoms with Crippen molar-refractivity contribution in [3.8, 4) is 5.75 Å². The molecule has 1 unspecified atom stereocenters. The molecule has 0 radical (unpaired) electrons. The summed E-state index contributed by atoms with van der Waals surface area (Å²) in [6.07, 6.45) is 3.71. The predicted molar refractivity (Wildman–Crippen MR) is 175 cm³/mol. The maximum Gasteiger partial charge on any atom is 0.329 e. The van der Waals surface area contributed by atoms with Crippen LogP contribution in [0.15, 0.2) is 24.3 Å². The fraction of sp³-hybridized carbons (Fsp3) is 0.750. The van der Waals surface area contributed by atoms with Gasteiger partial charge in [0.2, 0.25) is 5.91 Å². The smallest absolute Gasteiger partial charge is 0.329 e. The van der Waals surface area contributed by atoms with E-state index >= 15 is 0 Å². The number of rotatable bonds is 15. The van der Waals surface area contributed by atoms with E-state index in [0.717, 1.165) is 24.2 Å². The third-order valence-corrected chi connectivity index (χ3v) is 7.51. The molecule has 45 heavy (non-hydrogen) atoms. The Bertz CT molecular complexity index is 1090. The zero-order valence-corrected chi connectivity index (χ0v) is 29.7. The monoisotopic (exact) mass is 633 g/mol. The van der Waals surface area contributed by atoms with Crippen LogP contribution in [0.5, 0.6) is 5.75 Å². The van der Waals surface area contributed by atoms with Crippen molar-refractivity contribution in [1.29, 1.82) is 0 Å². The highest BCUT2D eigenvalue weighted by Gasteiger charge is 2.46. The summed E-state index contributed by atoms with van der Waals surface area (Å²) in [6.45, 7) is 19.7. The summed E-state index contributed by atoms with van der Waals surface area (Å²) in [7, 11) is 1.61. The van der Waals surface area contributed by atoms with Crippen LogP contribution in [0.2, 0.25) is 0 Å². The van der Waals surface area contributed by atoms with Crippen LogP contribution in [-0.4, -0.2) is 67.1 Å². The van der Waals surface area contributed by atoms with Crippen molar-refractivity contribution in [1.82, 2.24) is 5.32 Å². The maximum absolute atomic E-state index is 14.2. The summed E-state index contributed by atoms with van der Waals surface area (Å²) in [5.41, 5.74) is -1.69. The molecule has 256 valence electrons. The minimum atomic E-state index is -0.903. The second kappa shape index (κ2) is 16.3. The van der Waals surface area contributed by atoms with Crippen LogP contribution in [0.25, 0.3) is 0 Å². The number of hydrogen-bond acceptors (Lipinski definition) is 8. The fourth-order valence-corrected chi connectivity index (χ4v) is 5.66. The number of nitrogens with one attached hydrogen (secondary N) is 1. The Hall–Kier alpha value is -2.65. The summed E-state index contributed by atoms with van der Waals surface area (Å²) in [5.74, 6) is -0.901. The Labute approximate surface area is 271 Å². The van der Waals surface area contributed by atoms with Crippen molar-refractivity contribution in [3.63, 3.8) is 0 Å². The van der Waals surface area contributed by atoms with Crippen LogP contribution < -0.4 is 10.1 Å². The van der Waals surface area contributed by atoms with Crippen LogP contribution >= 0.6 is 0 Å². The molecule has 0 spiro atoms. The van der Waals surface area contributed by atoms with E-state index in [1.54, 1.807) is 7.11 Å². The molecule has 1 amide bonds. The van der Waals surface area contributed by atoms with Crippen LogP contribution in [0, 0.1) is 11.3 Å². The second-order valence-electron chi connectivity index (χ2n) is 15.5. The summed E-state index contributed by atoms with van der Waals surface area (Å²) in [4.78, 5) is 41.2. The molecule has 0 saturated heterocycles. The van der Waals surface area contributed by atoms with Crippen molar-refractivity contribution in [2.75, 3.05) is 20.3 Å². The first-order valence-electron chi connectivity index (χ1n) is 16.4. The highest BCUT2D eigenvalue weighted by molar-refractivity contribution is 5.89. The highest BCUT2D eigenvalue weighted by Crippen LogP contribution is 2.45. The molecule has 1 aromatic carbocycles. The van der Waals surface area contributed by atoms with Gasteiger partial charge in [0.05, 0.1) is 30.7 Å². The molecular formula is C36H59NO8. The lowest BCUT2D eigenvalue weighted by Crippen LogP contribution is -2.51. The number of amides is 1. The zero-order valence-electron chi connectivity index (χ0n) is 29.7. The van der Waals surface area contributed by atoms with Gasteiger partial charge in [-0.3, -0.25) is 9.59 Å². The van der Waals surface area contributed by atoms with Gasteiger partial charge in [-0.15, -0.1) is 0 Å². The summed E-state index contributed by atoms with van der Waals surface area (Å²) >= 11 is 0. The van der Waals surface area contributed by atoms with Gasteiger partial charge in [-0.05, 0) is 113 Å². The minimum Gasteiger partial charge on any atom is -0.488 e. The Morgan fingerprint density at radius 2 is 1.38 bits per heavy atom. The molecule has 0 aliphatic heterocycles. The molecule has 1 aromatic rings. The van der Waals surface area contributed by atoms with E-state index in [9.17, 15) is 14.4 Å². The van der Waals surface area contributed by atoms with E-state index in [4.69, 9.17) is 23.7 Å². The first-order valence-corrected chi connectivity index (χ1v) is 16.4. The molecule has 0 bridgehead atoms. The number of ether oxygens (including phenoxy) is 5. The van der Waals surface area contributed by atoms with Crippen molar-refractivity contribution in [2.24, 2.45) is 11.3 Å². The molecule has 1 aliphatic rings. The number of methoxy groups -OCH3 is 1. The van der Waals surface area contributed by atoms with Crippen LogP contribution in [0.4, 0.5) is 0 Å². The minimum absolute atomic E-state index is 0.231. The average Bonchev–Trinajstić information content (AvgIpc) is 3.36. The lowest BCUT2D eigenvalue weighted by atomic mass is 9.75. The zero-order chi connectivity index (χ0) is 34.1. The SMILES string of the molecule is COCCOC(C)C[C@H](CC1(C(=O)N[C@@H](Cc2ccc(OC(C)(C)C)cc2)C(=O)OC(C)(C)C)CCCC1)C(=O)OC(C)(C)C. The third-order valence-electron chi connectivity index (χ3n) is 7.51. The Morgan fingerprint density at radius 3 is 1.89 bits per heavy atom. The average molecular weight is 634 g/mol. The molecule has 0 aromatic heterocycles. The van der Waals surface area contributed by atoms with Crippen molar-refractivity contribution < 1.29 is 38.1 Å². The summed E-state index contributed by atoms with van der Waals surface area (Å²) in [5, 5.41) is 3.07. The molecular weight excluding hydrogens is 574 g/mol. The number of benzene rings is 1. The topological polar surface area (TPSA) is 109 Å². The third kappa shape index (κ3) is 14.1. The molecule has 9 heteroatoms. The largest absolute Gasteiger partial charge is 0.488 e. The van der Waals surface area contributed by atoms with Gasteiger partial charge in [-0.2, -0.15) is 0 Å². The van der Waals surface area contributed by atoms with Gasteiger partial charge in [0.15, 0.2) is 0 Å². The normalized spacial score (nSPS) is 17.2. The van der Waals surface area contributed by atoms with E-state index in [1.807, 2.05) is 93.5 Å². The first-order chi connectivity index (χ1) is 20.7.